The van der Waals surface area contributed by atoms with Gasteiger partial charge >= 0.3 is 0 Å². The highest BCUT2D eigenvalue weighted by atomic mass is 32.1. The third kappa shape index (κ3) is 4.08. The van der Waals surface area contributed by atoms with Gasteiger partial charge in [0.2, 0.25) is 0 Å². The van der Waals surface area contributed by atoms with Crippen LogP contribution in [0.1, 0.15) is 30.5 Å². The van der Waals surface area contributed by atoms with E-state index in [-0.39, 0.29) is 0 Å². The van der Waals surface area contributed by atoms with Gasteiger partial charge in [0.15, 0.2) is 0 Å². The summed E-state index contributed by atoms with van der Waals surface area (Å²) in [5.74, 6) is 0.963. The maximum absolute atomic E-state index is 5.70. The fourth-order valence-corrected chi connectivity index (χ4v) is 2.75. The van der Waals surface area contributed by atoms with Gasteiger partial charge in [0.05, 0.1) is 6.61 Å². The minimum Gasteiger partial charge on any atom is -0.494 e. The number of rotatable bonds is 7. The molecular weight excluding hydrogens is 254 g/mol. The van der Waals surface area contributed by atoms with Gasteiger partial charge < -0.3 is 10.1 Å². The van der Waals surface area contributed by atoms with E-state index in [0.717, 1.165) is 25.2 Å². The monoisotopic (exact) mass is 275 g/mol. The second kappa shape index (κ2) is 7.31. The predicted octanol–water partition coefficient (Wildman–Crippen LogP) is 4.04. The molecule has 102 valence electrons. The highest BCUT2D eigenvalue weighted by molar-refractivity contribution is 7.07. The number of hydrogen-bond acceptors (Lipinski definition) is 3. The third-order valence-corrected chi connectivity index (χ3v) is 3.83. The van der Waals surface area contributed by atoms with Crippen molar-refractivity contribution in [2.45, 2.75) is 25.8 Å². The predicted molar refractivity (Wildman–Crippen MR) is 82.1 cm³/mol. The number of benzene rings is 1. The summed E-state index contributed by atoms with van der Waals surface area (Å²) < 4.78 is 5.70. The van der Waals surface area contributed by atoms with Crippen LogP contribution in [0.15, 0.2) is 41.1 Å². The summed E-state index contributed by atoms with van der Waals surface area (Å²) in [6.07, 6.45) is 2.05. The van der Waals surface area contributed by atoms with E-state index in [1.165, 1.54) is 11.1 Å². The molecule has 2 rings (SSSR count). The molecule has 0 bridgehead atoms. The fraction of sp³-hybridized carbons (Fsp3) is 0.375. The molecule has 1 atom stereocenters. The molecule has 2 nitrogen and oxygen atoms in total. The molecule has 0 amide bonds. The third-order valence-electron chi connectivity index (χ3n) is 3.10. The van der Waals surface area contributed by atoms with Crippen molar-refractivity contribution in [2.24, 2.45) is 0 Å². The zero-order valence-electron chi connectivity index (χ0n) is 11.6. The Hall–Kier alpha value is -1.32. The molecule has 1 aromatic carbocycles. The first-order chi connectivity index (χ1) is 9.33. The molecule has 1 aromatic heterocycles. The zero-order valence-corrected chi connectivity index (χ0v) is 12.4. The lowest BCUT2D eigenvalue weighted by Gasteiger charge is -2.17. The quantitative estimate of drug-likeness (QED) is 0.823. The molecule has 2 aromatic rings. The number of likely N-dealkylation sites (N-methyl/N-ethyl adjacent to an activating group) is 1. The minimum atomic E-state index is 0.333. The standard InChI is InChI=1S/C16H21NOS/c1-3-8-18-15-6-4-5-14(11-15)16(17-2)10-13-7-9-19-12-13/h4-7,9,11-12,16-17H,3,8,10H2,1-2H3. The molecular formula is C16H21NOS. The smallest absolute Gasteiger partial charge is 0.119 e. The van der Waals surface area contributed by atoms with Crippen LogP contribution in [-0.4, -0.2) is 13.7 Å². The lowest BCUT2D eigenvalue weighted by Crippen LogP contribution is -2.18. The lowest BCUT2D eigenvalue weighted by atomic mass is 10.0. The molecule has 0 spiro atoms. The van der Waals surface area contributed by atoms with Crippen molar-refractivity contribution in [2.75, 3.05) is 13.7 Å². The van der Waals surface area contributed by atoms with Gasteiger partial charge in [-0.3, -0.25) is 0 Å². The van der Waals surface area contributed by atoms with Crippen LogP contribution >= 0.6 is 11.3 Å². The van der Waals surface area contributed by atoms with Crippen LogP contribution in [0, 0.1) is 0 Å². The Balaban J connectivity index is 2.09. The molecule has 0 saturated carbocycles. The number of thiophene rings is 1. The van der Waals surface area contributed by atoms with Crippen LogP contribution in [0.2, 0.25) is 0 Å². The SMILES string of the molecule is CCCOc1cccc(C(Cc2ccsc2)NC)c1. The Labute approximate surface area is 119 Å². The van der Waals surface area contributed by atoms with Gasteiger partial charge in [0, 0.05) is 6.04 Å². The summed E-state index contributed by atoms with van der Waals surface area (Å²) in [6.45, 7) is 2.90. The van der Waals surface area contributed by atoms with Gasteiger partial charge in [-0.15, -0.1) is 0 Å². The minimum absolute atomic E-state index is 0.333. The molecule has 3 heteroatoms. The van der Waals surface area contributed by atoms with Crippen molar-refractivity contribution in [3.8, 4) is 5.75 Å². The molecule has 0 fully saturated rings. The van der Waals surface area contributed by atoms with E-state index in [2.05, 4.69) is 47.3 Å². The molecule has 1 heterocycles. The summed E-state index contributed by atoms with van der Waals surface area (Å²) in [7, 11) is 2.01. The number of ether oxygens (including phenoxy) is 1. The Bertz CT molecular complexity index is 481. The van der Waals surface area contributed by atoms with Crippen molar-refractivity contribution in [3.05, 3.63) is 52.2 Å². The Kier molecular flexibility index (Phi) is 5.43. The van der Waals surface area contributed by atoms with Gasteiger partial charge in [-0.25, -0.2) is 0 Å². The Morgan fingerprint density at radius 3 is 2.89 bits per heavy atom. The molecule has 0 aliphatic carbocycles. The van der Waals surface area contributed by atoms with Crippen molar-refractivity contribution >= 4 is 11.3 Å². The maximum atomic E-state index is 5.70. The average molecular weight is 275 g/mol. The van der Waals surface area contributed by atoms with Crippen molar-refractivity contribution in [3.63, 3.8) is 0 Å². The Morgan fingerprint density at radius 1 is 1.32 bits per heavy atom. The maximum Gasteiger partial charge on any atom is 0.119 e. The second-order valence-electron chi connectivity index (χ2n) is 4.60. The Morgan fingerprint density at radius 2 is 2.21 bits per heavy atom. The zero-order chi connectivity index (χ0) is 13.5. The van der Waals surface area contributed by atoms with E-state index >= 15 is 0 Å². The normalized spacial score (nSPS) is 12.3. The molecule has 19 heavy (non-hydrogen) atoms. The summed E-state index contributed by atoms with van der Waals surface area (Å²) >= 11 is 1.75. The van der Waals surface area contributed by atoms with E-state index in [4.69, 9.17) is 4.74 Å². The molecule has 0 aliphatic heterocycles. The second-order valence-corrected chi connectivity index (χ2v) is 5.38. The molecule has 0 radical (unpaired) electrons. The van der Waals surface area contributed by atoms with E-state index in [1.807, 2.05) is 13.1 Å². The van der Waals surface area contributed by atoms with Gasteiger partial charge in [-0.1, -0.05) is 19.1 Å². The van der Waals surface area contributed by atoms with Crippen molar-refractivity contribution in [1.82, 2.24) is 5.32 Å². The van der Waals surface area contributed by atoms with Crippen LogP contribution in [-0.2, 0) is 6.42 Å². The summed E-state index contributed by atoms with van der Waals surface area (Å²) in [6, 6.07) is 10.9. The summed E-state index contributed by atoms with van der Waals surface area (Å²) in [5.41, 5.74) is 2.66. The van der Waals surface area contributed by atoms with E-state index in [9.17, 15) is 0 Å². The van der Waals surface area contributed by atoms with E-state index in [0.29, 0.717) is 6.04 Å². The van der Waals surface area contributed by atoms with Gasteiger partial charge in [0.1, 0.15) is 5.75 Å². The van der Waals surface area contributed by atoms with Crippen LogP contribution in [0.25, 0.3) is 0 Å². The summed E-state index contributed by atoms with van der Waals surface area (Å²) in [4.78, 5) is 0. The highest BCUT2D eigenvalue weighted by Gasteiger charge is 2.11. The van der Waals surface area contributed by atoms with Crippen LogP contribution < -0.4 is 10.1 Å². The topological polar surface area (TPSA) is 21.3 Å². The van der Waals surface area contributed by atoms with Crippen LogP contribution in [0.4, 0.5) is 0 Å². The van der Waals surface area contributed by atoms with E-state index < -0.39 is 0 Å². The average Bonchev–Trinajstić information content (AvgIpc) is 2.96. The van der Waals surface area contributed by atoms with Crippen molar-refractivity contribution < 1.29 is 4.74 Å². The molecule has 1 unspecified atom stereocenters. The number of nitrogens with one attached hydrogen (secondary N) is 1. The first kappa shape index (κ1) is 14.1. The van der Waals surface area contributed by atoms with E-state index in [1.54, 1.807) is 11.3 Å². The summed E-state index contributed by atoms with van der Waals surface area (Å²) in [5, 5.41) is 7.73. The molecule has 0 aliphatic rings. The van der Waals surface area contributed by atoms with Crippen LogP contribution in [0.5, 0.6) is 5.75 Å². The first-order valence-electron chi connectivity index (χ1n) is 6.74. The van der Waals surface area contributed by atoms with Gasteiger partial charge in [0.25, 0.3) is 0 Å². The molecule has 0 saturated heterocycles. The highest BCUT2D eigenvalue weighted by Crippen LogP contribution is 2.23. The van der Waals surface area contributed by atoms with Gasteiger partial charge in [-0.2, -0.15) is 11.3 Å². The lowest BCUT2D eigenvalue weighted by molar-refractivity contribution is 0.317. The van der Waals surface area contributed by atoms with Gasteiger partial charge in [-0.05, 0) is 60.0 Å². The molecule has 1 N–H and O–H groups in total. The van der Waals surface area contributed by atoms with Crippen molar-refractivity contribution in [1.29, 1.82) is 0 Å². The largest absolute Gasteiger partial charge is 0.494 e. The first-order valence-corrected chi connectivity index (χ1v) is 7.69. The fourth-order valence-electron chi connectivity index (χ4n) is 2.07. The number of hydrogen-bond donors (Lipinski definition) is 1. The van der Waals surface area contributed by atoms with Crippen LogP contribution in [0.3, 0.4) is 0 Å².